The Kier molecular flexibility index (Phi) is 6.97. The Morgan fingerprint density at radius 1 is 1.16 bits per heavy atom. The van der Waals surface area contributed by atoms with Crippen molar-refractivity contribution in [2.24, 2.45) is 0 Å². The molecule has 164 valence electrons. The second-order valence-corrected chi connectivity index (χ2v) is 9.68. The topological polar surface area (TPSA) is 45.7 Å². The fraction of sp³-hybridized carbons (Fsp3) is 0.391. The lowest BCUT2D eigenvalue weighted by atomic mass is 10.2. The molecule has 0 unspecified atom stereocenters. The number of carbonyl (C=O) groups excluding carboxylic acids is 1. The molecule has 2 heterocycles. The quantitative estimate of drug-likeness (QED) is 0.369. The van der Waals surface area contributed by atoms with Crippen LogP contribution in [0.3, 0.4) is 0 Å². The number of rotatable bonds is 7. The van der Waals surface area contributed by atoms with Gasteiger partial charge in [0.25, 0.3) is 0 Å². The highest BCUT2D eigenvalue weighted by molar-refractivity contribution is 7.99. The molecule has 1 amide bonds. The molecule has 8 heteroatoms. The number of carbonyl (C=O) groups is 1. The summed E-state index contributed by atoms with van der Waals surface area (Å²) in [6.07, 6.45) is 1.36. The highest BCUT2D eigenvalue weighted by Crippen LogP contribution is 2.36. The third kappa shape index (κ3) is 5.13. The van der Waals surface area contributed by atoms with Crippen LogP contribution in [-0.2, 0) is 4.79 Å². The van der Waals surface area contributed by atoms with E-state index in [9.17, 15) is 9.18 Å². The molecule has 0 bridgehead atoms. The summed E-state index contributed by atoms with van der Waals surface area (Å²) in [4.78, 5) is 22.7. The lowest BCUT2D eigenvalue weighted by molar-refractivity contribution is -0.131. The van der Waals surface area contributed by atoms with Crippen molar-refractivity contribution in [3.63, 3.8) is 0 Å². The number of fused-ring (bicyclic) bond motifs is 1. The summed E-state index contributed by atoms with van der Waals surface area (Å²) in [6, 6.07) is 10.5. The molecule has 0 atom stereocenters. The number of thiazole rings is 1. The number of ether oxygens (including phenoxy) is 1. The third-order valence-electron chi connectivity index (χ3n) is 5.43. The van der Waals surface area contributed by atoms with Gasteiger partial charge in [0, 0.05) is 37.5 Å². The Labute approximate surface area is 190 Å². The molecule has 5 nitrogen and oxygen atoms in total. The van der Waals surface area contributed by atoms with E-state index in [1.165, 1.54) is 17.7 Å². The van der Waals surface area contributed by atoms with Crippen LogP contribution in [0.15, 0.2) is 41.3 Å². The predicted molar refractivity (Wildman–Crippen MR) is 126 cm³/mol. The molecular weight excluding hydrogens is 433 g/mol. The first-order chi connectivity index (χ1) is 15.0. The van der Waals surface area contributed by atoms with Gasteiger partial charge in [-0.15, -0.1) is 11.8 Å². The van der Waals surface area contributed by atoms with Gasteiger partial charge in [-0.3, -0.25) is 4.79 Å². The van der Waals surface area contributed by atoms with Gasteiger partial charge in [0.15, 0.2) is 5.13 Å². The van der Waals surface area contributed by atoms with Crippen LogP contribution in [0.2, 0.25) is 0 Å². The maximum absolute atomic E-state index is 13.0. The minimum Gasteiger partial charge on any atom is -0.494 e. The maximum atomic E-state index is 13.0. The summed E-state index contributed by atoms with van der Waals surface area (Å²) in [6.45, 7) is 5.11. The van der Waals surface area contributed by atoms with E-state index >= 15 is 0 Å². The number of nitrogens with zero attached hydrogens (tertiary/aromatic N) is 3. The van der Waals surface area contributed by atoms with E-state index in [1.54, 1.807) is 42.3 Å². The normalized spacial score (nSPS) is 14.3. The Morgan fingerprint density at radius 2 is 1.90 bits per heavy atom. The van der Waals surface area contributed by atoms with Crippen LogP contribution in [0.4, 0.5) is 9.52 Å². The minimum absolute atomic E-state index is 0.209. The number of halogens is 1. The summed E-state index contributed by atoms with van der Waals surface area (Å²) in [5.74, 6) is 1.64. The number of anilines is 1. The van der Waals surface area contributed by atoms with Crippen molar-refractivity contribution < 1.29 is 13.9 Å². The molecule has 4 rings (SSSR count). The van der Waals surface area contributed by atoms with Crippen molar-refractivity contribution in [3.05, 3.63) is 47.8 Å². The molecule has 3 aromatic rings. The number of hydrogen-bond acceptors (Lipinski definition) is 6. The fourth-order valence-electron chi connectivity index (χ4n) is 3.65. The number of aromatic nitrogens is 1. The molecule has 1 aliphatic heterocycles. The number of hydrogen-bond donors (Lipinski definition) is 0. The summed E-state index contributed by atoms with van der Waals surface area (Å²) in [5, 5.41) is 0.991. The second-order valence-electron chi connectivity index (χ2n) is 7.53. The van der Waals surface area contributed by atoms with Gasteiger partial charge in [-0.1, -0.05) is 17.4 Å². The van der Waals surface area contributed by atoms with Gasteiger partial charge < -0.3 is 14.5 Å². The molecule has 0 spiro atoms. The first kappa shape index (κ1) is 21.9. The molecule has 1 fully saturated rings. The first-order valence-corrected chi connectivity index (χ1v) is 12.2. The first-order valence-electron chi connectivity index (χ1n) is 10.4. The van der Waals surface area contributed by atoms with E-state index in [1.807, 2.05) is 11.0 Å². The Hall–Kier alpha value is -2.32. The standard InChI is InChI=1S/C23H26FN3O2S2/c1-16-5-10-19(29-2)21-22(16)31-23(25-21)27-13-11-26(12-14-27)20(28)4-3-15-30-18-8-6-17(24)7-9-18/h5-10H,3-4,11-15H2,1-2H3. The predicted octanol–water partition coefficient (Wildman–Crippen LogP) is 4.97. The third-order valence-corrected chi connectivity index (χ3v) is 7.78. The van der Waals surface area contributed by atoms with Crippen molar-refractivity contribution in [2.45, 2.75) is 24.7 Å². The Bertz CT molecular complexity index is 1050. The van der Waals surface area contributed by atoms with E-state index in [0.29, 0.717) is 6.42 Å². The molecule has 1 aliphatic rings. The highest BCUT2D eigenvalue weighted by Gasteiger charge is 2.23. The number of aryl methyl sites for hydroxylation is 1. The molecule has 0 aliphatic carbocycles. The van der Waals surface area contributed by atoms with Gasteiger partial charge in [0.1, 0.15) is 17.1 Å². The SMILES string of the molecule is COc1ccc(C)c2sc(N3CCN(C(=O)CCCSc4ccc(F)cc4)CC3)nc12. The smallest absolute Gasteiger partial charge is 0.222 e. The zero-order valence-corrected chi connectivity index (χ0v) is 19.4. The molecule has 0 radical (unpaired) electrons. The molecule has 1 saturated heterocycles. The lowest BCUT2D eigenvalue weighted by Gasteiger charge is -2.34. The molecule has 2 aromatic carbocycles. The van der Waals surface area contributed by atoms with E-state index < -0.39 is 0 Å². The van der Waals surface area contributed by atoms with Crippen LogP contribution in [0, 0.1) is 12.7 Å². The number of thioether (sulfide) groups is 1. The van der Waals surface area contributed by atoms with Crippen LogP contribution in [0.5, 0.6) is 5.75 Å². The summed E-state index contributed by atoms with van der Waals surface area (Å²) in [7, 11) is 1.67. The van der Waals surface area contributed by atoms with E-state index in [-0.39, 0.29) is 11.7 Å². The van der Waals surface area contributed by atoms with Gasteiger partial charge in [-0.25, -0.2) is 9.37 Å². The lowest BCUT2D eigenvalue weighted by Crippen LogP contribution is -2.48. The van der Waals surface area contributed by atoms with E-state index in [2.05, 4.69) is 17.9 Å². The van der Waals surface area contributed by atoms with Crippen LogP contribution >= 0.6 is 23.1 Å². The average Bonchev–Trinajstić information content (AvgIpc) is 3.25. The minimum atomic E-state index is -0.223. The van der Waals surface area contributed by atoms with Crippen molar-refractivity contribution in [2.75, 3.05) is 43.9 Å². The van der Waals surface area contributed by atoms with Crippen molar-refractivity contribution in [3.8, 4) is 5.75 Å². The number of amides is 1. The highest BCUT2D eigenvalue weighted by atomic mass is 32.2. The van der Waals surface area contributed by atoms with E-state index in [4.69, 9.17) is 9.72 Å². The average molecular weight is 460 g/mol. The van der Waals surface area contributed by atoms with Crippen molar-refractivity contribution >= 4 is 44.4 Å². The zero-order chi connectivity index (χ0) is 21.8. The van der Waals surface area contributed by atoms with Crippen molar-refractivity contribution in [1.82, 2.24) is 9.88 Å². The summed E-state index contributed by atoms with van der Waals surface area (Å²) in [5.41, 5.74) is 2.12. The van der Waals surface area contributed by atoms with Crippen LogP contribution in [-0.4, -0.2) is 54.8 Å². The Morgan fingerprint density at radius 3 is 2.61 bits per heavy atom. The van der Waals surface area contributed by atoms with Gasteiger partial charge in [0.2, 0.25) is 5.91 Å². The fourth-order valence-corrected chi connectivity index (χ4v) is 5.60. The van der Waals surface area contributed by atoms with E-state index in [0.717, 1.165) is 64.3 Å². The van der Waals surface area contributed by atoms with Crippen LogP contribution in [0.25, 0.3) is 10.2 Å². The zero-order valence-electron chi connectivity index (χ0n) is 17.8. The van der Waals surface area contributed by atoms with Gasteiger partial charge in [-0.2, -0.15) is 0 Å². The van der Waals surface area contributed by atoms with Crippen molar-refractivity contribution in [1.29, 1.82) is 0 Å². The molecule has 1 aromatic heterocycles. The van der Waals surface area contributed by atoms with Crippen LogP contribution < -0.4 is 9.64 Å². The van der Waals surface area contributed by atoms with Gasteiger partial charge >= 0.3 is 0 Å². The summed E-state index contributed by atoms with van der Waals surface area (Å²) < 4.78 is 19.6. The largest absolute Gasteiger partial charge is 0.494 e. The maximum Gasteiger partial charge on any atom is 0.222 e. The van der Waals surface area contributed by atoms with Crippen LogP contribution in [0.1, 0.15) is 18.4 Å². The second kappa shape index (κ2) is 9.87. The molecule has 0 saturated carbocycles. The Balaban J connectivity index is 1.26. The number of piperazine rings is 1. The molecule has 0 N–H and O–H groups in total. The molecule has 31 heavy (non-hydrogen) atoms. The molecular formula is C23H26FN3O2S2. The van der Waals surface area contributed by atoms with Gasteiger partial charge in [-0.05, 0) is 55.0 Å². The monoisotopic (exact) mass is 459 g/mol. The number of methoxy groups -OCH3 is 1. The number of benzene rings is 2. The van der Waals surface area contributed by atoms with Gasteiger partial charge in [0.05, 0.1) is 11.8 Å². The summed E-state index contributed by atoms with van der Waals surface area (Å²) >= 11 is 3.35.